The predicted molar refractivity (Wildman–Crippen MR) is 76.3 cm³/mol. The van der Waals surface area contributed by atoms with Crippen LogP contribution in [0.4, 0.5) is 0 Å². The van der Waals surface area contributed by atoms with Gasteiger partial charge >= 0.3 is 5.97 Å². The highest BCUT2D eigenvalue weighted by molar-refractivity contribution is 5.93. The van der Waals surface area contributed by atoms with Gasteiger partial charge in [0.15, 0.2) is 12.1 Å². The molecule has 0 aromatic heterocycles. The molecule has 0 saturated heterocycles. The number of carbonyl (C=O) groups is 2. The SMILES string of the molecule is COC(=O)CCCCCCC(=CC(OC)OC)C(C)=O. The Labute approximate surface area is 121 Å². The van der Waals surface area contributed by atoms with Crippen LogP contribution in [0.5, 0.6) is 0 Å². The van der Waals surface area contributed by atoms with E-state index < -0.39 is 6.29 Å². The van der Waals surface area contributed by atoms with E-state index in [4.69, 9.17) is 9.47 Å². The molecular formula is C15H26O5. The van der Waals surface area contributed by atoms with Gasteiger partial charge < -0.3 is 14.2 Å². The molecule has 0 spiro atoms. The predicted octanol–water partition coefficient (Wildman–Crippen LogP) is 2.63. The fraction of sp³-hybridized carbons (Fsp3) is 0.733. The molecular weight excluding hydrogens is 260 g/mol. The molecule has 0 fully saturated rings. The number of ether oxygens (including phenoxy) is 3. The highest BCUT2D eigenvalue weighted by atomic mass is 16.7. The van der Waals surface area contributed by atoms with Crippen molar-refractivity contribution in [2.24, 2.45) is 0 Å². The van der Waals surface area contributed by atoms with Crippen molar-refractivity contribution in [2.75, 3.05) is 21.3 Å². The molecule has 5 nitrogen and oxygen atoms in total. The maximum absolute atomic E-state index is 11.5. The number of methoxy groups -OCH3 is 3. The van der Waals surface area contributed by atoms with Crippen molar-refractivity contribution in [1.82, 2.24) is 0 Å². The van der Waals surface area contributed by atoms with Crippen LogP contribution in [0.3, 0.4) is 0 Å². The Bertz CT molecular complexity index is 318. The average Bonchev–Trinajstić information content (AvgIpc) is 2.45. The minimum atomic E-state index is -0.478. The van der Waals surface area contributed by atoms with Crippen LogP contribution in [0.15, 0.2) is 11.6 Å². The molecule has 0 aromatic carbocycles. The Kier molecular flexibility index (Phi) is 10.9. The zero-order chi connectivity index (χ0) is 15.4. The fourth-order valence-electron chi connectivity index (χ4n) is 1.81. The quantitative estimate of drug-likeness (QED) is 0.253. The third-order valence-electron chi connectivity index (χ3n) is 3.06. The van der Waals surface area contributed by atoms with E-state index in [1.165, 1.54) is 21.3 Å². The van der Waals surface area contributed by atoms with Crippen LogP contribution in [0.2, 0.25) is 0 Å². The van der Waals surface area contributed by atoms with E-state index in [2.05, 4.69) is 4.74 Å². The summed E-state index contributed by atoms with van der Waals surface area (Å²) in [5.41, 5.74) is 0.728. The lowest BCUT2D eigenvalue weighted by Crippen LogP contribution is -2.12. The van der Waals surface area contributed by atoms with Gasteiger partial charge in [0, 0.05) is 20.6 Å². The summed E-state index contributed by atoms with van der Waals surface area (Å²) in [6.07, 6.45) is 6.07. The first-order valence-electron chi connectivity index (χ1n) is 6.89. The van der Waals surface area contributed by atoms with E-state index in [1.807, 2.05) is 0 Å². The Morgan fingerprint density at radius 1 is 0.950 bits per heavy atom. The van der Waals surface area contributed by atoms with Crippen LogP contribution in [-0.4, -0.2) is 39.4 Å². The topological polar surface area (TPSA) is 61.8 Å². The van der Waals surface area contributed by atoms with Crippen molar-refractivity contribution in [3.05, 3.63) is 11.6 Å². The van der Waals surface area contributed by atoms with Crippen LogP contribution in [-0.2, 0) is 23.8 Å². The zero-order valence-corrected chi connectivity index (χ0v) is 12.9. The molecule has 0 aromatic rings. The van der Waals surface area contributed by atoms with Crippen molar-refractivity contribution in [2.45, 2.75) is 51.7 Å². The third kappa shape index (κ3) is 8.82. The van der Waals surface area contributed by atoms with Crippen LogP contribution >= 0.6 is 0 Å². The molecule has 0 heterocycles. The van der Waals surface area contributed by atoms with E-state index in [0.717, 1.165) is 31.3 Å². The fourth-order valence-corrected chi connectivity index (χ4v) is 1.81. The highest BCUT2D eigenvalue weighted by Gasteiger charge is 2.08. The van der Waals surface area contributed by atoms with Crippen LogP contribution < -0.4 is 0 Å². The van der Waals surface area contributed by atoms with Crippen molar-refractivity contribution < 1.29 is 23.8 Å². The summed E-state index contributed by atoms with van der Waals surface area (Å²) in [4.78, 5) is 22.4. The number of esters is 1. The third-order valence-corrected chi connectivity index (χ3v) is 3.06. The standard InChI is InChI=1S/C15H26O5/c1-12(16)13(11-15(19-3)20-4)9-7-5-6-8-10-14(17)18-2/h11,15H,5-10H2,1-4H3. The Morgan fingerprint density at radius 3 is 1.95 bits per heavy atom. The average molecular weight is 286 g/mol. The second kappa shape index (κ2) is 11.6. The lowest BCUT2D eigenvalue weighted by Gasteiger charge is -2.11. The Hall–Kier alpha value is -1.20. The molecule has 20 heavy (non-hydrogen) atoms. The number of hydrogen-bond donors (Lipinski definition) is 0. The molecule has 0 atom stereocenters. The van der Waals surface area contributed by atoms with Gasteiger partial charge in [-0.05, 0) is 37.8 Å². The van der Waals surface area contributed by atoms with Crippen molar-refractivity contribution in [3.8, 4) is 0 Å². The molecule has 0 saturated carbocycles. The largest absolute Gasteiger partial charge is 0.469 e. The van der Waals surface area contributed by atoms with Gasteiger partial charge in [0.25, 0.3) is 0 Å². The van der Waals surface area contributed by atoms with Gasteiger partial charge in [-0.25, -0.2) is 0 Å². The maximum atomic E-state index is 11.5. The van der Waals surface area contributed by atoms with Crippen molar-refractivity contribution >= 4 is 11.8 Å². The van der Waals surface area contributed by atoms with Gasteiger partial charge in [0.2, 0.25) is 0 Å². The summed E-state index contributed by atoms with van der Waals surface area (Å²) >= 11 is 0. The number of Topliss-reactive ketones (excluding diaryl/α,β-unsaturated/α-hetero) is 1. The molecule has 0 aliphatic rings. The molecule has 0 radical (unpaired) electrons. The monoisotopic (exact) mass is 286 g/mol. The minimum absolute atomic E-state index is 0.0404. The number of ketones is 1. The van der Waals surface area contributed by atoms with Gasteiger partial charge in [0.05, 0.1) is 7.11 Å². The van der Waals surface area contributed by atoms with E-state index in [0.29, 0.717) is 12.8 Å². The molecule has 0 amide bonds. The second-order valence-electron chi connectivity index (χ2n) is 4.58. The second-order valence-corrected chi connectivity index (χ2v) is 4.58. The van der Waals surface area contributed by atoms with Gasteiger partial charge in [-0.3, -0.25) is 9.59 Å². The van der Waals surface area contributed by atoms with E-state index >= 15 is 0 Å². The Balaban J connectivity index is 3.99. The normalized spacial score (nSPS) is 11.8. The van der Waals surface area contributed by atoms with E-state index in [1.54, 1.807) is 13.0 Å². The summed E-state index contributed by atoms with van der Waals surface area (Å²) in [6, 6.07) is 0. The lowest BCUT2D eigenvalue weighted by molar-refractivity contribution is -0.140. The molecule has 5 heteroatoms. The summed E-state index contributed by atoms with van der Waals surface area (Å²) < 4.78 is 14.7. The zero-order valence-electron chi connectivity index (χ0n) is 12.9. The van der Waals surface area contributed by atoms with Gasteiger partial charge in [-0.15, -0.1) is 0 Å². The number of carbonyl (C=O) groups excluding carboxylic acids is 2. The first-order valence-corrected chi connectivity index (χ1v) is 6.89. The molecule has 0 aliphatic carbocycles. The van der Waals surface area contributed by atoms with Crippen molar-refractivity contribution in [3.63, 3.8) is 0 Å². The van der Waals surface area contributed by atoms with Gasteiger partial charge in [-0.1, -0.05) is 12.8 Å². The van der Waals surface area contributed by atoms with Crippen LogP contribution in [0.1, 0.15) is 45.4 Å². The number of unbranched alkanes of at least 4 members (excludes halogenated alkanes) is 3. The molecule has 0 unspecified atom stereocenters. The maximum Gasteiger partial charge on any atom is 0.305 e. The minimum Gasteiger partial charge on any atom is -0.469 e. The summed E-state index contributed by atoms with van der Waals surface area (Å²) in [5, 5.41) is 0. The van der Waals surface area contributed by atoms with E-state index in [9.17, 15) is 9.59 Å². The first-order chi connectivity index (χ1) is 9.54. The highest BCUT2D eigenvalue weighted by Crippen LogP contribution is 2.14. The number of hydrogen-bond acceptors (Lipinski definition) is 5. The molecule has 0 aliphatic heterocycles. The van der Waals surface area contributed by atoms with E-state index in [-0.39, 0.29) is 11.8 Å². The smallest absolute Gasteiger partial charge is 0.305 e. The van der Waals surface area contributed by atoms with Crippen LogP contribution in [0, 0.1) is 0 Å². The van der Waals surface area contributed by atoms with Gasteiger partial charge in [0.1, 0.15) is 0 Å². The molecule has 0 N–H and O–H groups in total. The first kappa shape index (κ1) is 18.8. The van der Waals surface area contributed by atoms with Crippen LogP contribution in [0.25, 0.3) is 0 Å². The number of allylic oxidation sites excluding steroid dienone is 1. The van der Waals surface area contributed by atoms with Crippen molar-refractivity contribution in [1.29, 1.82) is 0 Å². The molecule has 0 rings (SSSR count). The Morgan fingerprint density at radius 2 is 1.50 bits per heavy atom. The molecule has 0 bridgehead atoms. The summed E-state index contributed by atoms with van der Waals surface area (Å²) in [5.74, 6) is -0.129. The number of rotatable bonds is 11. The van der Waals surface area contributed by atoms with Gasteiger partial charge in [-0.2, -0.15) is 0 Å². The molecule has 116 valence electrons. The lowest BCUT2D eigenvalue weighted by atomic mass is 10.0. The summed E-state index contributed by atoms with van der Waals surface area (Å²) in [7, 11) is 4.47. The summed E-state index contributed by atoms with van der Waals surface area (Å²) in [6.45, 7) is 1.55.